The van der Waals surface area contributed by atoms with E-state index in [-0.39, 0.29) is 0 Å². The monoisotopic (exact) mass is 288 g/mol. The minimum Gasteiger partial charge on any atom is -0.339 e. The Morgan fingerprint density at radius 3 is 2.76 bits per heavy atom. The van der Waals surface area contributed by atoms with Crippen molar-refractivity contribution in [1.82, 2.24) is 15.1 Å². The van der Waals surface area contributed by atoms with Crippen LogP contribution in [0.5, 0.6) is 0 Å². The van der Waals surface area contributed by atoms with Crippen molar-refractivity contribution in [2.75, 3.05) is 6.54 Å². The summed E-state index contributed by atoms with van der Waals surface area (Å²) in [6, 6.07) is 3.90. The summed E-state index contributed by atoms with van der Waals surface area (Å²) in [5.41, 5.74) is 7.51. The Balaban J connectivity index is 2.02. The van der Waals surface area contributed by atoms with Crippen molar-refractivity contribution in [3.63, 3.8) is 0 Å². The number of nitrogens with zero attached hydrogens (tertiary/aromatic N) is 3. The van der Waals surface area contributed by atoms with E-state index in [1.165, 1.54) is 0 Å². The van der Waals surface area contributed by atoms with E-state index in [0.29, 0.717) is 23.6 Å². The number of hydrogen-bond donors (Lipinski definition) is 1. The minimum atomic E-state index is 0.572. The van der Waals surface area contributed by atoms with Crippen molar-refractivity contribution in [1.29, 1.82) is 0 Å². The van der Waals surface area contributed by atoms with Crippen molar-refractivity contribution in [2.45, 2.75) is 40.0 Å². The van der Waals surface area contributed by atoms with E-state index in [9.17, 15) is 0 Å². The van der Waals surface area contributed by atoms with Gasteiger partial charge >= 0.3 is 0 Å². The zero-order chi connectivity index (χ0) is 15.2. The number of pyridine rings is 1. The fourth-order valence-corrected chi connectivity index (χ4v) is 2.51. The zero-order valence-corrected chi connectivity index (χ0v) is 13.0. The summed E-state index contributed by atoms with van der Waals surface area (Å²) in [6.07, 6.45) is 4.60. The largest absolute Gasteiger partial charge is 0.339 e. The molecule has 0 radical (unpaired) electrons. The molecule has 5 heteroatoms. The molecule has 0 bridgehead atoms. The summed E-state index contributed by atoms with van der Waals surface area (Å²) in [7, 11) is 0. The standard InChI is InChI=1S/C16H24N4O/c1-11(2)13(8-9-17)6-7-14-19-16(20-21-14)15-12(3)5-4-10-18-15/h4-5,10-11,13H,6-9,17H2,1-3H3. The van der Waals surface area contributed by atoms with E-state index < -0.39 is 0 Å². The molecule has 0 aromatic carbocycles. The molecular formula is C16H24N4O. The Kier molecular flexibility index (Phi) is 5.44. The van der Waals surface area contributed by atoms with Crippen LogP contribution < -0.4 is 5.73 Å². The molecule has 0 aliphatic rings. The lowest BCUT2D eigenvalue weighted by Gasteiger charge is -2.18. The first-order valence-corrected chi connectivity index (χ1v) is 7.56. The van der Waals surface area contributed by atoms with Crippen molar-refractivity contribution in [3.8, 4) is 11.5 Å². The Hall–Kier alpha value is -1.75. The number of aromatic nitrogens is 3. The second-order valence-corrected chi connectivity index (χ2v) is 5.80. The van der Waals surface area contributed by atoms with Gasteiger partial charge in [0.15, 0.2) is 0 Å². The van der Waals surface area contributed by atoms with Crippen LogP contribution in [0.3, 0.4) is 0 Å². The highest BCUT2D eigenvalue weighted by Gasteiger charge is 2.16. The van der Waals surface area contributed by atoms with Crippen LogP contribution in [0.1, 0.15) is 38.1 Å². The molecular weight excluding hydrogens is 264 g/mol. The zero-order valence-electron chi connectivity index (χ0n) is 13.0. The fourth-order valence-electron chi connectivity index (χ4n) is 2.51. The van der Waals surface area contributed by atoms with Gasteiger partial charge in [0, 0.05) is 12.6 Å². The molecule has 1 unspecified atom stereocenters. The molecule has 0 spiro atoms. The van der Waals surface area contributed by atoms with Crippen LogP contribution in [0, 0.1) is 18.8 Å². The lowest BCUT2D eigenvalue weighted by atomic mass is 9.88. The Morgan fingerprint density at radius 1 is 1.29 bits per heavy atom. The predicted octanol–water partition coefficient (Wildman–Crippen LogP) is 2.99. The van der Waals surface area contributed by atoms with Gasteiger partial charge in [0.1, 0.15) is 5.69 Å². The Labute approximate surface area is 126 Å². The summed E-state index contributed by atoms with van der Waals surface area (Å²) in [5.74, 6) is 2.47. The van der Waals surface area contributed by atoms with Crippen LogP contribution in [0.2, 0.25) is 0 Å². The summed E-state index contributed by atoms with van der Waals surface area (Å²) in [6.45, 7) is 7.19. The van der Waals surface area contributed by atoms with Gasteiger partial charge < -0.3 is 10.3 Å². The highest BCUT2D eigenvalue weighted by atomic mass is 16.5. The molecule has 2 aromatic rings. The Morgan fingerprint density at radius 2 is 2.10 bits per heavy atom. The predicted molar refractivity (Wildman–Crippen MR) is 82.6 cm³/mol. The molecule has 2 N–H and O–H groups in total. The smallest absolute Gasteiger partial charge is 0.227 e. The van der Waals surface area contributed by atoms with E-state index in [2.05, 4.69) is 29.0 Å². The van der Waals surface area contributed by atoms with Crippen LogP contribution >= 0.6 is 0 Å². The molecule has 5 nitrogen and oxygen atoms in total. The average Bonchev–Trinajstić information content (AvgIpc) is 2.92. The minimum absolute atomic E-state index is 0.572. The van der Waals surface area contributed by atoms with Gasteiger partial charge in [0.25, 0.3) is 0 Å². The molecule has 0 saturated carbocycles. The van der Waals surface area contributed by atoms with E-state index in [1.54, 1.807) is 6.20 Å². The van der Waals surface area contributed by atoms with Gasteiger partial charge in [-0.3, -0.25) is 4.98 Å². The van der Waals surface area contributed by atoms with Crippen LogP contribution in [0.25, 0.3) is 11.5 Å². The van der Waals surface area contributed by atoms with Crippen LogP contribution in [0.15, 0.2) is 22.9 Å². The van der Waals surface area contributed by atoms with Crippen LogP contribution in [-0.2, 0) is 6.42 Å². The van der Waals surface area contributed by atoms with Gasteiger partial charge in [-0.15, -0.1) is 0 Å². The lowest BCUT2D eigenvalue weighted by molar-refractivity contribution is 0.313. The summed E-state index contributed by atoms with van der Waals surface area (Å²) < 4.78 is 5.35. The maximum atomic E-state index is 5.67. The molecule has 21 heavy (non-hydrogen) atoms. The average molecular weight is 288 g/mol. The molecule has 2 heterocycles. The second-order valence-electron chi connectivity index (χ2n) is 5.80. The third-order valence-corrected chi connectivity index (χ3v) is 3.90. The van der Waals surface area contributed by atoms with Crippen molar-refractivity contribution >= 4 is 0 Å². The topological polar surface area (TPSA) is 77.8 Å². The fraction of sp³-hybridized carbons (Fsp3) is 0.562. The highest BCUT2D eigenvalue weighted by Crippen LogP contribution is 2.22. The first-order valence-electron chi connectivity index (χ1n) is 7.56. The van der Waals surface area contributed by atoms with Crippen molar-refractivity contribution in [3.05, 3.63) is 29.8 Å². The molecule has 2 aromatic heterocycles. The highest BCUT2D eigenvalue weighted by molar-refractivity contribution is 5.52. The summed E-state index contributed by atoms with van der Waals surface area (Å²) >= 11 is 0. The number of rotatable bonds is 7. The van der Waals surface area contributed by atoms with Gasteiger partial charge in [-0.1, -0.05) is 25.1 Å². The molecule has 0 fully saturated rings. The Bertz CT molecular complexity index is 565. The van der Waals surface area contributed by atoms with Crippen LogP contribution in [0.4, 0.5) is 0 Å². The number of nitrogens with two attached hydrogens (primary N) is 1. The van der Waals surface area contributed by atoms with Gasteiger partial charge in [0.05, 0.1) is 0 Å². The van der Waals surface area contributed by atoms with Crippen molar-refractivity contribution in [2.24, 2.45) is 17.6 Å². The van der Waals surface area contributed by atoms with E-state index >= 15 is 0 Å². The molecule has 114 valence electrons. The molecule has 0 aliphatic heterocycles. The quantitative estimate of drug-likeness (QED) is 0.847. The van der Waals surface area contributed by atoms with Gasteiger partial charge in [0.2, 0.25) is 11.7 Å². The number of hydrogen-bond acceptors (Lipinski definition) is 5. The van der Waals surface area contributed by atoms with E-state index in [1.807, 2.05) is 19.1 Å². The normalized spacial score (nSPS) is 12.8. The first kappa shape index (κ1) is 15.6. The summed E-state index contributed by atoms with van der Waals surface area (Å²) in [5, 5.41) is 4.04. The maximum Gasteiger partial charge on any atom is 0.227 e. The second kappa shape index (κ2) is 7.31. The van der Waals surface area contributed by atoms with Crippen LogP contribution in [-0.4, -0.2) is 21.7 Å². The SMILES string of the molecule is Cc1cccnc1-c1noc(CCC(CCN)C(C)C)n1. The molecule has 1 atom stereocenters. The third kappa shape index (κ3) is 4.11. The van der Waals surface area contributed by atoms with Gasteiger partial charge in [-0.25, -0.2) is 0 Å². The van der Waals surface area contributed by atoms with Gasteiger partial charge in [-0.05, 0) is 49.8 Å². The first-order chi connectivity index (χ1) is 10.1. The number of aryl methyl sites for hydroxylation is 2. The third-order valence-electron chi connectivity index (χ3n) is 3.90. The molecule has 2 rings (SSSR count). The lowest BCUT2D eigenvalue weighted by Crippen LogP contribution is -2.15. The van der Waals surface area contributed by atoms with E-state index in [0.717, 1.165) is 37.1 Å². The molecule has 0 amide bonds. The molecule has 0 aliphatic carbocycles. The summed E-state index contributed by atoms with van der Waals surface area (Å²) in [4.78, 5) is 8.77. The van der Waals surface area contributed by atoms with E-state index in [4.69, 9.17) is 10.3 Å². The maximum absolute atomic E-state index is 5.67. The molecule has 0 saturated heterocycles. The van der Waals surface area contributed by atoms with Gasteiger partial charge in [-0.2, -0.15) is 4.98 Å². The van der Waals surface area contributed by atoms with Crippen molar-refractivity contribution < 1.29 is 4.52 Å².